The third kappa shape index (κ3) is 0.540. The molecule has 0 amide bonds. The number of allylic oxidation sites excluding steroid dienone is 2. The van der Waals surface area contributed by atoms with E-state index in [0.717, 1.165) is 5.41 Å². The zero-order valence-electron chi connectivity index (χ0n) is 6.11. The van der Waals surface area contributed by atoms with Crippen LogP contribution in [0.5, 0.6) is 0 Å². The molecule has 0 nitrogen and oxygen atoms in total. The molecule has 50 valence electrons. The van der Waals surface area contributed by atoms with Gasteiger partial charge in [0.25, 0.3) is 0 Å². The third-order valence-corrected chi connectivity index (χ3v) is 3.24. The van der Waals surface area contributed by atoms with E-state index in [9.17, 15) is 0 Å². The van der Waals surface area contributed by atoms with Crippen LogP contribution in [0.4, 0.5) is 0 Å². The standard InChI is InChI=1S/C9H14/c1-2-9-6-3-4-8(9)5-7-9/h4H,2-3,5-7H2,1H3. The number of fused-ring (bicyclic) bond motifs is 1. The third-order valence-electron chi connectivity index (χ3n) is 3.24. The van der Waals surface area contributed by atoms with Crippen molar-refractivity contribution in [2.24, 2.45) is 5.41 Å². The van der Waals surface area contributed by atoms with Crippen LogP contribution >= 0.6 is 0 Å². The van der Waals surface area contributed by atoms with Gasteiger partial charge in [0.2, 0.25) is 0 Å². The minimum Gasteiger partial charge on any atom is -0.0847 e. The maximum Gasteiger partial charge on any atom is -0.00847 e. The van der Waals surface area contributed by atoms with E-state index in [0.29, 0.717) is 0 Å². The molecule has 0 spiro atoms. The minimum absolute atomic E-state index is 0.736. The van der Waals surface area contributed by atoms with Gasteiger partial charge in [-0.15, -0.1) is 0 Å². The molecule has 0 aliphatic heterocycles. The molecule has 0 radical (unpaired) electrons. The molecule has 2 aliphatic carbocycles. The lowest BCUT2D eigenvalue weighted by molar-refractivity contribution is 0.232. The molecule has 0 heterocycles. The van der Waals surface area contributed by atoms with E-state index >= 15 is 0 Å². The van der Waals surface area contributed by atoms with Crippen LogP contribution in [-0.2, 0) is 0 Å². The topological polar surface area (TPSA) is 0 Å². The molecule has 0 bridgehead atoms. The molecular formula is C9H14. The van der Waals surface area contributed by atoms with Crippen LogP contribution in [0.1, 0.15) is 39.0 Å². The normalized spacial score (nSPS) is 39.4. The van der Waals surface area contributed by atoms with Crippen LogP contribution in [0, 0.1) is 5.41 Å². The second-order valence-electron chi connectivity index (χ2n) is 3.40. The van der Waals surface area contributed by atoms with Crippen LogP contribution in [0.25, 0.3) is 0 Å². The Bertz CT molecular complexity index is 151. The van der Waals surface area contributed by atoms with Crippen LogP contribution in [0.15, 0.2) is 11.6 Å². The Balaban J connectivity index is 2.22. The van der Waals surface area contributed by atoms with Gasteiger partial charge >= 0.3 is 0 Å². The van der Waals surface area contributed by atoms with Gasteiger partial charge in [-0.2, -0.15) is 0 Å². The maximum absolute atomic E-state index is 2.47. The predicted molar refractivity (Wildman–Crippen MR) is 39.3 cm³/mol. The fraction of sp³-hybridized carbons (Fsp3) is 0.778. The van der Waals surface area contributed by atoms with E-state index in [1.165, 1.54) is 32.1 Å². The van der Waals surface area contributed by atoms with Gasteiger partial charge in [0.15, 0.2) is 0 Å². The molecule has 1 atom stereocenters. The van der Waals surface area contributed by atoms with Gasteiger partial charge in [-0.1, -0.05) is 18.6 Å². The van der Waals surface area contributed by atoms with Crippen molar-refractivity contribution in [2.45, 2.75) is 39.0 Å². The second kappa shape index (κ2) is 1.62. The fourth-order valence-corrected chi connectivity index (χ4v) is 2.33. The van der Waals surface area contributed by atoms with Crippen LogP contribution < -0.4 is 0 Å². The second-order valence-corrected chi connectivity index (χ2v) is 3.40. The first-order valence-electron chi connectivity index (χ1n) is 4.07. The van der Waals surface area contributed by atoms with Gasteiger partial charge < -0.3 is 0 Å². The summed E-state index contributed by atoms with van der Waals surface area (Å²) in [5.74, 6) is 0. The molecule has 9 heavy (non-hydrogen) atoms. The summed E-state index contributed by atoms with van der Waals surface area (Å²) in [7, 11) is 0. The Morgan fingerprint density at radius 3 is 2.78 bits per heavy atom. The van der Waals surface area contributed by atoms with Crippen molar-refractivity contribution in [3.63, 3.8) is 0 Å². The van der Waals surface area contributed by atoms with E-state index < -0.39 is 0 Å². The zero-order valence-corrected chi connectivity index (χ0v) is 6.11. The lowest BCUT2D eigenvalue weighted by Crippen LogP contribution is -2.28. The number of rotatable bonds is 1. The van der Waals surface area contributed by atoms with Crippen molar-refractivity contribution >= 4 is 0 Å². The van der Waals surface area contributed by atoms with E-state index in [2.05, 4.69) is 13.0 Å². The number of hydrogen-bond donors (Lipinski definition) is 0. The van der Waals surface area contributed by atoms with E-state index in [4.69, 9.17) is 0 Å². The highest BCUT2D eigenvalue weighted by atomic mass is 14.5. The first kappa shape index (κ1) is 5.52. The predicted octanol–water partition coefficient (Wildman–Crippen LogP) is 2.90. The molecule has 1 unspecified atom stereocenters. The van der Waals surface area contributed by atoms with Gasteiger partial charge in [-0.05, 0) is 37.5 Å². The summed E-state index contributed by atoms with van der Waals surface area (Å²) < 4.78 is 0. The largest absolute Gasteiger partial charge is 0.0847 e. The van der Waals surface area contributed by atoms with E-state index in [1.54, 1.807) is 5.57 Å². The maximum atomic E-state index is 2.47. The molecule has 2 rings (SSSR count). The Hall–Kier alpha value is -0.260. The summed E-state index contributed by atoms with van der Waals surface area (Å²) in [6, 6.07) is 0. The Labute approximate surface area is 57.0 Å². The van der Waals surface area contributed by atoms with Crippen LogP contribution in [0.3, 0.4) is 0 Å². The molecule has 0 heteroatoms. The van der Waals surface area contributed by atoms with Crippen molar-refractivity contribution < 1.29 is 0 Å². The van der Waals surface area contributed by atoms with Crippen LogP contribution in [0.2, 0.25) is 0 Å². The highest BCUT2D eigenvalue weighted by molar-refractivity contribution is 5.27. The molecule has 2 aliphatic rings. The SMILES string of the molecule is CCC12CCC=C1CC2. The number of hydrogen-bond acceptors (Lipinski definition) is 0. The van der Waals surface area contributed by atoms with Crippen LogP contribution in [-0.4, -0.2) is 0 Å². The smallest absolute Gasteiger partial charge is 0.00847 e. The minimum atomic E-state index is 0.736. The molecule has 0 aromatic rings. The first-order chi connectivity index (χ1) is 4.37. The Morgan fingerprint density at radius 2 is 2.44 bits per heavy atom. The monoisotopic (exact) mass is 122 g/mol. The van der Waals surface area contributed by atoms with E-state index in [1.807, 2.05) is 0 Å². The van der Waals surface area contributed by atoms with Crippen molar-refractivity contribution in [3.05, 3.63) is 11.6 Å². The molecule has 0 saturated heterocycles. The van der Waals surface area contributed by atoms with E-state index in [-0.39, 0.29) is 0 Å². The zero-order chi connectivity index (χ0) is 6.32. The van der Waals surface area contributed by atoms with Gasteiger partial charge in [-0.3, -0.25) is 0 Å². The van der Waals surface area contributed by atoms with Crippen molar-refractivity contribution in [1.82, 2.24) is 0 Å². The lowest BCUT2D eigenvalue weighted by atomic mass is 9.64. The quantitative estimate of drug-likeness (QED) is 0.469. The summed E-state index contributed by atoms with van der Waals surface area (Å²) in [5, 5.41) is 0. The molecular weight excluding hydrogens is 108 g/mol. The van der Waals surface area contributed by atoms with Crippen molar-refractivity contribution in [1.29, 1.82) is 0 Å². The summed E-state index contributed by atoms with van der Waals surface area (Å²) in [6.45, 7) is 2.33. The molecule has 1 fully saturated rings. The van der Waals surface area contributed by atoms with Crippen molar-refractivity contribution in [2.75, 3.05) is 0 Å². The molecule has 0 N–H and O–H groups in total. The summed E-state index contributed by atoms with van der Waals surface area (Å²) >= 11 is 0. The lowest BCUT2D eigenvalue weighted by Gasteiger charge is -2.40. The Kier molecular flexibility index (Phi) is 0.992. The van der Waals surface area contributed by atoms with Gasteiger partial charge in [0.1, 0.15) is 0 Å². The molecule has 1 saturated carbocycles. The van der Waals surface area contributed by atoms with Gasteiger partial charge in [-0.25, -0.2) is 0 Å². The fourth-order valence-electron chi connectivity index (χ4n) is 2.33. The molecule has 0 aromatic heterocycles. The summed E-state index contributed by atoms with van der Waals surface area (Å²) in [4.78, 5) is 0. The van der Waals surface area contributed by atoms with Gasteiger partial charge in [0, 0.05) is 0 Å². The first-order valence-corrected chi connectivity index (χ1v) is 4.07. The average molecular weight is 122 g/mol. The highest BCUT2D eigenvalue weighted by Gasteiger charge is 2.41. The Morgan fingerprint density at radius 1 is 1.56 bits per heavy atom. The van der Waals surface area contributed by atoms with Crippen molar-refractivity contribution in [3.8, 4) is 0 Å². The summed E-state index contributed by atoms with van der Waals surface area (Å²) in [5.41, 5.74) is 2.52. The average Bonchev–Trinajstić information content (AvgIpc) is 2.10. The molecule has 0 aromatic carbocycles. The van der Waals surface area contributed by atoms with Gasteiger partial charge in [0.05, 0.1) is 0 Å². The highest BCUT2D eigenvalue weighted by Crippen LogP contribution is 2.55. The summed E-state index contributed by atoms with van der Waals surface area (Å²) in [6.07, 6.45) is 9.57.